The van der Waals surface area contributed by atoms with Crippen LogP contribution in [0.25, 0.3) is 0 Å². The van der Waals surface area contributed by atoms with Gasteiger partial charge in [-0.3, -0.25) is 0 Å². The van der Waals surface area contributed by atoms with Gasteiger partial charge in [0.25, 0.3) is 0 Å². The fourth-order valence-electron chi connectivity index (χ4n) is 1.69. The third kappa shape index (κ3) is 3.77. The standard InChI is InChI=1S/C10H17NO3/c1-2-8-3-5-9(6-4-8)11-14-7-10(12)13/h8H,2-7H2,1H3,(H,12,13). The highest BCUT2D eigenvalue weighted by atomic mass is 16.6. The molecule has 0 aromatic carbocycles. The lowest BCUT2D eigenvalue weighted by Gasteiger charge is -2.20. The molecular formula is C10H17NO3. The van der Waals surface area contributed by atoms with Gasteiger partial charge in [0.1, 0.15) is 0 Å². The second kappa shape index (κ2) is 5.62. The number of carbonyl (C=O) groups is 1. The first kappa shape index (κ1) is 11.0. The molecule has 0 heterocycles. The minimum absolute atomic E-state index is 0.333. The zero-order chi connectivity index (χ0) is 10.4. The molecule has 1 N–H and O–H groups in total. The minimum Gasteiger partial charge on any atom is -0.479 e. The molecule has 1 saturated carbocycles. The Balaban J connectivity index is 2.23. The summed E-state index contributed by atoms with van der Waals surface area (Å²) in [5, 5.41) is 12.2. The maximum absolute atomic E-state index is 10.1. The highest BCUT2D eigenvalue weighted by molar-refractivity contribution is 5.84. The van der Waals surface area contributed by atoms with Crippen LogP contribution in [0.15, 0.2) is 5.16 Å². The van der Waals surface area contributed by atoms with Gasteiger partial charge in [-0.25, -0.2) is 4.79 Å². The summed E-state index contributed by atoms with van der Waals surface area (Å²) in [7, 11) is 0. The second-order valence-electron chi connectivity index (χ2n) is 3.68. The number of rotatable bonds is 4. The largest absolute Gasteiger partial charge is 0.479 e. The Hall–Kier alpha value is -1.06. The summed E-state index contributed by atoms with van der Waals surface area (Å²) in [6.07, 6.45) is 5.46. The van der Waals surface area contributed by atoms with E-state index in [-0.39, 0.29) is 6.61 Å². The van der Waals surface area contributed by atoms with Gasteiger partial charge in [0, 0.05) is 0 Å². The number of hydrogen-bond acceptors (Lipinski definition) is 3. The van der Waals surface area contributed by atoms with E-state index in [4.69, 9.17) is 9.94 Å². The van der Waals surface area contributed by atoms with E-state index in [2.05, 4.69) is 12.1 Å². The number of aliphatic carboxylic acids is 1. The zero-order valence-electron chi connectivity index (χ0n) is 8.53. The lowest BCUT2D eigenvalue weighted by atomic mass is 9.86. The Morgan fingerprint density at radius 1 is 1.57 bits per heavy atom. The fourth-order valence-corrected chi connectivity index (χ4v) is 1.69. The van der Waals surface area contributed by atoms with Crippen LogP contribution in [-0.2, 0) is 9.63 Å². The fraction of sp³-hybridized carbons (Fsp3) is 0.800. The number of nitrogens with zero attached hydrogens (tertiary/aromatic N) is 1. The summed E-state index contributed by atoms with van der Waals surface area (Å²) < 4.78 is 0. The van der Waals surface area contributed by atoms with Crippen molar-refractivity contribution in [2.75, 3.05) is 6.61 Å². The molecule has 0 atom stereocenters. The summed E-state index contributed by atoms with van der Waals surface area (Å²) >= 11 is 0. The van der Waals surface area contributed by atoms with Crippen LogP contribution >= 0.6 is 0 Å². The van der Waals surface area contributed by atoms with Gasteiger partial charge in [0.05, 0.1) is 5.71 Å². The van der Waals surface area contributed by atoms with Crippen molar-refractivity contribution >= 4 is 11.7 Å². The Kier molecular flexibility index (Phi) is 4.43. The molecule has 0 unspecified atom stereocenters. The average Bonchev–Trinajstić information content (AvgIpc) is 2.18. The molecule has 0 aromatic rings. The molecule has 1 rings (SSSR count). The van der Waals surface area contributed by atoms with E-state index in [0.29, 0.717) is 0 Å². The summed E-state index contributed by atoms with van der Waals surface area (Å²) in [5.74, 6) is -0.162. The number of carboxylic acids is 1. The summed E-state index contributed by atoms with van der Waals surface area (Å²) in [5.41, 5.74) is 1.01. The minimum atomic E-state index is -0.975. The summed E-state index contributed by atoms with van der Waals surface area (Å²) in [6, 6.07) is 0. The van der Waals surface area contributed by atoms with Crippen LogP contribution in [0.5, 0.6) is 0 Å². The van der Waals surface area contributed by atoms with Crippen molar-refractivity contribution < 1.29 is 14.7 Å². The van der Waals surface area contributed by atoms with Crippen LogP contribution in [0.4, 0.5) is 0 Å². The molecule has 1 fully saturated rings. The Morgan fingerprint density at radius 2 is 2.21 bits per heavy atom. The van der Waals surface area contributed by atoms with Gasteiger partial charge >= 0.3 is 5.97 Å². The van der Waals surface area contributed by atoms with E-state index in [0.717, 1.165) is 37.3 Å². The highest BCUT2D eigenvalue weighted by Gasteiger charge is 2.16. The van der Waals surface area contributed by atoms with Crippen molar-refractivity contribution in [3.63, 3.8) is 0 Å². The maximum Gasteiger partial charge on any atom is 0.344 e. The van der Waals surface area contributed by atoms with Crippen molar-refractivity contribution in [1.29, 1.82) is 0 Å². The number of carboxylic acid groups (broad SMARTS) is 1. The third-order valence-corrected chi connectivity index (χ3v) is 2.64. The van der Waals surface area contributed by atoms with E-state index in [1.165, 1.54) is 6.42 Å². The third-order valence-electron chi connectivity index (χ3n) is 2.64. The molecule has 0 radical (unpaired) electrons. The average molecular weight is 199 g/mol. The molecule has 14 heavy (non-hydrogen) atoms. The molecule has 80 valence electrons. The van der Waals surface area contributed by atoms with E-state index in [1.54, 1.807) is 0 Å². The van der Waals surface area contributed by atoms with E-state index in [9.17, 15) is 4.79 Å². The molecule has 4 heteroatoms. The van der Waals surface area contributed by atoms with Crippen molar-refractivity contribution in [2.24, 2.45) is 11.1 Å². The molecule has 0 aromatic heterocycles. The molecule has 0 amide bonds. The molecule has 0 bridgehead atoms. The predicted octanol–water partition coefficient (Wildman–Crippen LogP) is 2.04. The second-order valence-corrected chi connectivity index (χ2v) is 3.68. The normalized spacial score (nSPS) is 21.8. The number of oxime groups is 1. The molecule has 1 aliphatic carbocycles. The Morgan fingerprint density at radius 3 is 2.71 bits per heavy atom. The van der Waals surface area contributed by atoms with Gasteiger partial charge in [0.15, 0.2) is 0 Å². The van der Waals surface area contributed by atoms with Gasteiger partial charge in [-0.2, -0.15) is 0 Å². The van der Waals surface area contributed by atoms with Crippen LogP contribution in [0.2, 0.25) is 0 Å². The first-order valence-corrected chi connectivity index (χ1v) is 5.12. The van der Waals surface area contributed by atoms with Crippen LogP contribution in [0, 0.1) is 5.92 Å². The summed E-state index contributed by atoms with van der Waals surface area (Å²) in [4.78, 5) is 14.8. The van der Waals surface area contributed by atoms with Crippen molar-refractivity contribution in [1.82, 2.24) is 0 Å². The lowest BCUT2D eigenvalue weighted by molar-refractivity contribution is -0.142. The van der Waals surface area contributed by atoms with Crippen molar-refractivity contribution in [3.05, 3.63) is 0 Å². The van der Waals surface area contributed by atoms with E-state index in [1.807, 2.05) is 0 Å². The maximum atomic E-state index is 10.1. The molecule has 0 spiro atoms. The highest BCUT2D eigenvalue weighted by Crippen LogP contribution is 2.24. The quantitative estimate of drug-likeness (QED) is 0.705. The topological polar surface area (TPSA) is 58.9 Å². The Labute approximate surface area is 83.9 Å². The van der Waals surface area contributed by atoms with Gasteiger partial charge in [0.2, 0.25) is 6.61 Å². The first-order valence-electron chi connectivity index (χ1n) is 5.12. The van der Waals surface area contributed by atoms with Gasteiger partial charge in [-0.1, -0.05) is 18.5 Å². The van der Waals surface area contributed by atoms with E-state index < -0.39 is 5.97 Å². The van der Waals surface area contributed by atoms with Crippen LogP contribution in [-0.4, -0.2) is 23.4 Å². The lowest BCUT2D eigenvalue weighted by Crippen LogP contribution is -2.14. The van der Waals surface area contributed by atoms with E-state index >= 15 is 0 Å². The van der Waals surface area contributed by atoms with Crippen molar-refractivity contribution in [2.45, 2.75) is 39.0 Å². The van der Waals surface area contributed by atoms with Gasteiger partial charge in [-0.15, -0.1) is 0 Å². The molecule has 4 nitrogen and oxygen atoms in total. The predicted molar refractivity (Wildman–Crippen MR) is 53.3 cm³/mol. The zero-order valence-corrected chi connectivity index (χ0v) is 8.53. The molecule has 0 saturated heterocycles. The van der Waals surface area contributed by atoms with Gasteiger partial charge in [-0.05, 0) is 31.6 Å². The van der Waals surface area contributed by atoms with Crippen LogP contribution in [0.1, 0.15) is 39.0 Å². The number of hydrogen-bond donors (Lipinski definition) is 1. The van der Waals surface area contributed by atoms with Crippen LogP contribution in [0.3, 0.4) is 0 Å². The summed E-state index contributed by atoms with van der Waals surface area (Å²) in [6.45, 7) is 1.87. The smallest absolute Gasteiger partial charge is 0.344 e. The molecule has 0 aliphatic heterocycles. The monoisotopic (exact) mass is 199 g/mol. The molecule has 1 aliphatic rings. The van der Waals surface area contributed by atoms with Crippen LogP contribution < -0.4 is 0 Å². The van der Waals surface area contributed by atoms with Gasteiger partial charge < -0.3 is 9.94 Å². The Bertz CT molecular complexity index is 215. The first-order chi connectivity index (χ1) is 6.72. The SMILES string of the molecule is CCC1CCC(=NOCC(=O)O)CC1. The van der Waals surface area contributed by atoms with Crippen molar-refractivity contribution in [3.8, 4) is 0 Å². The molecular weight excluding hydrogens is 182 g/mol.